The van der Waals surface area contributed by atoms with E-state index in [9.17, 15) is 9.59 Å². The summed E-state index contributed by atoms with van der Waals surface area (Å²) in [7, 11) is 7.08. The van der Waals surface area contributed by atoms with Crippen LogP contribution in [0.15, 0.2) is 22.8 Å². The van der Waals surface area contributed by atoms with Gasteiger partial charge in [0.2, 0.25) is 0 Å². The predicted octanol–water partition coefficient (Wildman–Crippen LogP) is 1.50. The minimum atomic E-state index is -0.137. The number of nitrogens with one attached hydrogen (secondary N) is 1. The van der Waals surface area contributed by atoms with Gasteiger partial charge in [0.1, 0.15) is 5.76 Å². The van der Waals surface area contributed by atoms with Crippen LogP contribution in [0.4, 0.5) is 9.59 Å². The van der Waals surface area contributed by atoms with Crippen LogP contribution >= 0.6 is 0 Å². The van der Waals surface area contributed by atoms with Gasteiger partial charge in [-0.3, -0.25) is 4.90 Å². The summed E-state index contributed by atoms with van der Waals surface area (Å²) in [6.45, 7) is 3.85. The SMILES string of the molecule is CN(C)C(=O)N[C@H]1CCN(C(=O)N(C)C)C[C@]12CCN(Cc1ccco1)C2. The molecule has 4 amide bonds. The van der Waals surface area contributed by atoms with E-state index in [4.69, 9.17) is 4.42 Å². The van der Waals surface area contributed by atoms with Gasteiger partial charge in [-0.05, 0) is 31.5 Å². The second-order valence-electron chi connectivity index (χ2n) is 8.19. The molecule has 0 unspecified atom stereocenters. The molecule has 2 saturated heterocycles. The van der Waals surface area contributed by atoms with Crippen molar-refractivity contribution in [2.75, 3.05) is 54.4 Å². The summed E-state index contributed by atoms with van der Waals surface area (Å²) >= 11 is 0. The Morgan fingerprint density at radius 1 is 1.22 bits per heavy atom. The van der Waals surface area contributed by atoms with Crippen molar-refractivity contribution in [2.24, 2.45) is 5.41 Å². The van der Waals surface area contributed by atoms with Gasteiger partial charge in [0.05, 0.1) is 12.8 Å². The Kier molecular flexibility index (Phi) is 5.64. The zero-order valence-electron chi connectivity index (χ0n) is 16.8. The van der Waals surface area contributed by atoms with Crippen molar-refractivity contribution in [1.29, 1.82) is 0 Å². The number of amides is 4. The van der Waals surface area contributed by atoms with Crippen LogP contribution in [0.25, 0.3) is 0 Å². The highest BCUT2D eigenvalue weighted by atomic mass is 16.3. The molecule has 8 heteroatoms. The fraction of sp³-hybridized carbons (Fsp3) is 0.684. The van der Waals surface area contributed by atoms with Crippen molar-refractivity contribution in [3.8, 4) is 0 Å². The zero-order valence-corrected chi connectivity index (χ0v) is 16.8. The first-order valence-corrected chi connectivity index (χ1v) is 9.49. The third kappa shape index (κ3) is 4.21. The lowest BCUT2D eigenvalue weighted by molar-refractivity contribution is 0.0644. The smallest absolute Gasteiger partial charge is 0.319 e. The quantitative estimate of drug-likeness (QED) is 0.866. The van der Waals surface area contributed by atoms with Gasteiger partial charge in [-0.25, -0.2) is 9.59 Å². The first-order valence-electron chi connectivity index (χ1n) is 9.49. The van der Waals surface area contributed by atoms with Crippen LogP contribution in [0, 0.1) is 5.41 Å². The molecule has 0 aromatic carbocycles. The molecular formula is C19H31N5O3. The van der Waals surface area contributed by atoms with Crippen LogP contribution < -0.4 is 5.32 Å². The Labute approximate surface area is 161 Å². The van der Waals surface area contributed by atoms with E-state index in [0.717, 1.165) is 38.2 Å². The molecule has 2 fully saturated rings. The Bertz CT molecular complexity index is 660. The number of furan rings is 1. The Morgan fingerprint density at radius 3 is 2.63 bits per heavy atom. The molecule has 0 bridgehead atoms. The van der Waals surface area contributed by atoms with Crippen LogP contribution in [0.1, 0.15) is 18.6 Å². The van der Waals surface area contributed by atoms with Crippen molar-refractivity contribution in [3.05, 3.63) is 24.2 Å². The van der Waals surface area contributed by atoms with E-state index >= 15 is 0 Å². The lowest BCUT2D eigenvalue weighted by Crippen LogP contribution is -2.62. The van der Waals surface area contributed by atoms with Crippen molar-refractivity contribution < 1.29 is 14.0 Å². The molecule has 2 aliphatic rings. The molecule has 27 heavy (non-hydrogen) atoms. The number of hydrogen-bond donors (Lipinski definition) is 1. The zero-order chi connectivity index (χ0) is 19.6. The third-order valence-corrected chi connectivity index (χ3v) is 5.71. The van der Waals surface area contributed by atoms with E-state index in [0.29, 0.717) is 13.1 Å². The molecule has 1 spiro atoms. The number of urea groups is 2. The third-order valence-electron chi connectivity index (χ3n) is 5.71. The fourth-order valence-corrected chi connectivity index (χ4v) is 4.27. The van der Waals surface area contributed by atoms with Crippen molar-refractivity contribution in [2.45, 2.75) is 25.4 Å². The molecule has 0 radical (unpaired) electrons. The topological polar surface area (TPSA) is 72.3 Å². The second kappa shape index (κ2) is 7.80. The molecule has 2 atom stereocenters. The summed E-state index contributed by atoms with van der Waals surface area (Å²) in [6.07, 6.45) is 3.41. The lowest BCUT2D eigenvalue weighted by atomic mass is 9.74. The predicted molar refractivity (Wildman–Crippen MR) is 102 cm³/mol. The van der Waals surface area contributed by atoms with Crippen LogP contribution in [0.2, 0.25) is 0 Å². The highest BCUT2D eigenvalue weighted by molar-refractivity contribution is 5.75. The molecule has 2 aliphatic heterocycles. The fourth-order valence-electron chi connectivity index (χ4n) is 4.27. The number of carbonyl (C=O) groups is 2. The second-order valence-corrected chi connectivity index (χ2v) is 8.19. The van der Waals surface area contributed by atoms with Gasteiger partial charge in [0.15, 0.2) is 0 Å². The summed E-state index contributed by atoms with van der Waals surface area (Å²) < 4.78 is 5.50. The van der Waals surface area contributed by atoms with E-state index < -0.39 is 0 Å². The number of carbonyl (C=O) groups excluding carboxylic acids is 2. The molecule has 150 valence electrons. The van der Waals surface area contributed by atoms with Gasteiger partial charge in [0.25, 0.3) is 0 Å². The minimum absolute atomic E-state index is 0.0382. The van der Waals surface area contributed by atoms with E-state index in [2.05, 4.69) is 10.2 Å². The number of piperidine rings is 1. The Morgan fingerprint density at radius 2 is 2.00 bits per heavy atom. The van der Waals surface area contributed by atoms with Crippen LogP contribution in [0.3, 0.4) is 0 Å². The molecule has 8 nitrogen and oxygen atoms in total. The number of likely N-dealkylation sites (tertiary alicyclic amines) is 2. The molecule has 0 aliphatic carbocycles. The van der Waals surface area contributed by atoms with Gasteiger partial charge >= 0.3 is 12.1 Å². The summed E-state index contributed by atoms with van der Waals surface area (Å²) in [5.41, 5.74) is -0.137. The summed E-state index contributed by atoms with van der Waals surface area (Å²) in [5, 5.41) is 3.20. The van der Waals surface area contributed by atoms with Crippen LogP contribution in [-0.4, -0.2) is 92.1 Å². The first-order chi connectivity index (χ1) is 12.8. The number of rotatable bonds is 3. The van der Waals surface area contributed by atoms with E-state index in [1.807, 2.05) is 17.0 Å². The Balaban J connectivity index is 1.76. The van der Waals surface area contributed by atoms with Gasteiger partial charge in [-0.1, -0.05) is 0 Å². The molecular weight excluding hydrogens is 346 g/mol. The Hall–Kier alpha value is -2.22. The summed E-state index contributed by atoms with van der Waals surface area (Å²) in [6, 6.07) is 3.91. The normalized spacial score (nSPS) is 25.6. The van der Waals surface area contributed by atoms with Gasteiger partial charge in [-0.15, -0.1) is 0 Å². The van der Waals surface area contributed by atoms with Crippen molar-refractivity contribution in [1.82, 2.24) is 24.9 Å². The van der Waals surface area contributed by atoms with Crippen LogP contribution in [-0.2, 0) is 6.54 Å². The molecule has 0 saturated carbocycles. The number of nitrogens with zero attached hydrogens (tertiary/aromatic N) is 4. The minimum Gasteiger partial charge on any atom is -0.468 e. The lowest BCUT2D eigenvalue weighted by Gasteiger charge is -2.47. The van der Waals surface area contributed by atoms with Crippen molar-refractivity contribution >= 4 is 12.1 Å². The standard InChI is InChI=1S/C19H31N5O3/c1-21(2)17(25)20-16-7-9-24(18(26)22(3)4)14-19(16)8-10-23(13-19)12-15-6-5-11-27-15/h5-6,11,16H,7-10,12-14H2,1-4H3,(H,20,25)/t16-,19+/m0/s1. The highest BCUT2D eigenvalue weighted by Crippen LogP contribution is 2.40. The maximum Gasteiger partial charge on any atom is 0.319 e. The highest BCUT2D eigenvalue weighted by Gasteiger charge is 2.49. The van der Waals surface area contributed by atoms with E-state index in [-0.39, 0.29) is 23.5 Å². The average molecular weight is 377 g/mol. The van der Waals surface area contributed by atoms with Crippen LogP contribution in [0.5, 0.6) is 0 Å². The molecule has 3 rings (SSSR count). The molecule has 1 aromatic heterocycles. The van der Waals surface area contributed by atoms with E-state index in [1.165, 1.54) is 0 Å². The monoisotopic (exact) mass is 377 g/mol. The molecule has 1 aromatic rings. The van der Waals surface area contributed by atoms with Gasteiger partial charge in [0, 0.05) is 59.3 Å². The van der Waals surface area contributed by atoms with Crippen molar-refractivity contribution in [3.63, 3.8) is 0 Å². The van der Waals surface area contributed by atoms with Gasteiger partial charge in [-0.2, -0.15) is 0 Å². The van der Waals surface area contributed by atoms with E-state index in [1.54, 1.807) is 44.3 Å². The molecule has 3 heterocycles. The molecule has 1 N–H and O–H groups in total. The van der Waals surface area contributed by atoms with Gasteiger partial charge < -0.3 is 24.4 Å². The first kappa shape index (κ1) is 19.5. The largest absolute Gasteiger partial charge is 0.468 e. The average Bonchev–Trinajstić information content (AvgIpc) is 3.27. The summed E-state index contributed by atoms with van der Waals surface area (Å²) in [4.78, 5) is 32.3. The maximum atomic E-state index is 12.5. The summed E-state index contributed by atoms with van der Waals surface area (Å²) in [5.74, 6) is 0.943. The maximum absolute atomic E-state index is 12.5. The number of hydrogen-bond acceptors (Lipinski definition) is 4.